The molecular weight excluding hydrogens is 303 g/mol. The number of hydrogen-bond acceptors (Lipinski definition) is 2. The van der Waals surface area contributed by atoms with Crippen LogP contribution in [-0.2, 0) is 10.0 Å². The molecular formula is C14H20F3NO2S. The van der Waals surface area contributed by atoms with Gasteiger partial charge in [-0.25, -0.2) is 8.42 Å². The molecule has 0 heterocycles. The number of sulfonamides is 1. The van der Waals surface area contributed by atoms with E-state index in [-0.39, 0.29) is 12.5 Å². The van der Waals surface area contributed by atoms with E-state index in [9.17, 15) is 21.6 Å². The molecule has 21 heavy (non-hydrogen) atoms. The molecule has 0 amide bonds. The van der Waals surface area contributed by atoms with Crippen LogP contribution >= 0.6 is 0 Å². The van der Waals surface area contributed by atoms with Gasteiger partial charge in [0.05, 0.1) is 0 Å². The second-order valence-corrected chi connectivity index (χ2v) is 9.71. The fraction of sp³-hybridized carbons (Fsp3) is 1.00. The van der Waals surface area contributed by atoms with Gasteiger partial charge in [0.15, 0.2) is 0 Å². The van der Waals surface area contributed by atoms with Crippen molar-refractivity contribution in [1.29, 1.82) is 0 Å². The minimum Gasteiger partial charge on any atom is -0.203 e. The lowest BCUT2D eigenvalue weighted by Crippen LogP contribution is -2.42. The number of nitrogens with zero attached hydrogens (tertiary/aromatic N) is 1. The summed E-state index contributed by atoms with van der Waals surface area (Å²) >= 11 is 0. The molecule has 0 aromatic heterocycles. The van der Waals surface area contributed by atoms with Crippen LogP contribution in [0.15, 0.2) is 0 Å². The number of rotatable bonds is 3. The molecule has 4 aliphatic rings. The van der Waals surface area contributed by atoms with Gasteiger partial charge in [-0.3, -0.25) is 0 Å². The fourth-order valence-electron chi connectivity index (χ4n) is 6.20. The lowest BCUT2D eigenvalue weighted by Gasteiger charge is -2.34. The van der Waals surface area contributed by atoms with Crippen LogP contribution < -0.4 is 0 Å². The Labute approximate surface area is 122 Å². The average Bonchev–Trinajstić information content (AvgIpc) is 3.17. The molecule has 0 N–H and O–H groups in total. The molecule has 1 spiro atoms. The van der Waals surface area contributed by atoms with Gasteiger partial charge >= 0.3 is 15.5 Å². The predicted molar refractivity (Wildman–Crippen MR) is 70.4 cm³/mol. The standard InChI is InChI=1S/C14H20F3NO2S/c1-6-7(2)10-12-11-9(8(6)4-13(10,11)12)5-18(3)21(19,20)14(15,16)17/h6-12H,4-5H2,1-3H3/t6?,7?,8?,9?,10?,11?,12?,13-/m1/s1. The average molecular weight is 323 g/mol. The van der Waals surface area contributed by atoms with Gasteiger partial charge in [-0.2, -0.15) is 17.5 Å². The predicted octanol–water partition coefficient (Wildman–Crippen LogP) is 2.55. The molecule has 7 unspecified atom stereocenters. The molecule has 120 valence electrons. The Morgan fingerprint density at radius 2 is 1.76 bits per heavy atom. The largest absolute Gasteiger partial charge is 0.511 e. The van der Waals surface area contributed by atoms with Gasteiger partial charge in [0.1, 0.15) is 0 Å². The molecule has 0 radical (unpaired) electrons. The van der Waals surface area contributed by atoms with Crippen molar-refractivity contribution in [3.63, 3.8) is 0 Å². The molecule has 0 aromatic rings. The summed E-state index contributed by atoms with van der Waals surface area (Å²) in [5.74, 6) is 3.58. The lowest BCUT2D eigenvalue weighted by atomic mass is 9.72. The second-order valence-electron chi connectivity index (χ2n) is 7.67. The highest BCUT2D eigenvalue weighted by Gasteiger charge is 2.93. The van der Waals surface area contributed by atoms with E-state index < -0.39 is 15.5 Å². The van der Waals surface area contributed by atoms with Gasteiger partial charge in [-0.1, -0.05) is 13.8 Å². The first-order valence-electron chi connectivity index (χ1n) is 7.57. The van der Waals surface area contributed by atoms with Crippen molar-refractivity contribution in [3.8, 4) is 0 Å². The summed E-state index contributed by atoms with van der Waals surface area (Å²) in [5.41, 5.74) is -4.79. The summed E-state index contributed by atoms with van der Waals surface area (Å²) in [4.78, 5) is 0. The van der Waals surface area contributed by atoms with Crippen molar-refractivity contribution in [2.75, 3.05) is 13.6 Å². The van der Waals surface area contributed by atoms with Gasteiger partial charge in [0.25, 0.3) is 0 Å². The minimum absolute atomic E-state index is 0.0270. The zero-order chi connectivity index (χ0) is 15.5. The Morgan fingerprint density at radius 1 is 1.14 bits per heavy atom. The first kappa shape index (κ1) is 14.3. The maximum atomic E-state index is 12.6. The van der Waals surface area contributed by atoms with Crippen molar-refractivity contribution < 1.29 is 21.6 Å². The molecule has 2 bridgehead atoms. The van der Waals surface area contributed by atoms with Crippen LogP contribution in [0.25, 0.3) is 0 Å². The monoisotopic (exact) mass is 323 g/mol. The van der Waals surface area contributed by atoms with E-state index >= 15 is 0 Å². The Balaban J connectivity index is 1.55. The molecule has 3 nitrogen and oxygen atoms in total. The summed E-state index contributed by atoms with van der Waals surface area (Å²) in [6.45, 7) is 4.47. The first-order valence-corrected chi connectivity index (χ1v) is 9.01. The van der Waals surface area contributed by atoms with Crippen molar-refractivity contribution in [2.45, 2.75) is 25.8 Å². The van der Waals surface area contributed by atoms with Crippen LogP contribution in [0.3, 0.4) is 0 Å². The highest BCUT2D eigenvalue weighted by molar-refractivity contribution is 7.89. The zero-order valence-electron chi connectivity index (χ0n) is 12.3. The van der Waals surface area contributed by atoms with Crippen LogP contribution in [-0.4, -0.2) is 31.8 Å². The van der Waals surface area contributed by atoms with E-state index in [4.69, 9.17) is 0 Å². The molecule has 0 aliphatic heterocycles. The Hall–Kier alpha value is -0.300. The van der Waals surface area contributed by atoms with Crippen molar-refractivity contribution in [2.24, 2.45) is 46.8 Å². The zero-order valence-corrected chi connectivity index (χ0v) is 13.1. The fourth-order valence-corrected chi connectivity index (χ4v) is 6.92. The van der Waals surface area contributed by atoms with E-state index in [0.717, 1.165) is 19.4 Å². The summed E-state index contributed by atoms with van der Waals surface area (Å²) < 4.78 is 61.5. The van der Waals surface area contributed by atoms with Gasteiger partial charge < -0.3 is 0 Å². The van der Waals surface area contributed by atoms with Crippen LogP contribution in [0.5, 0.6) is 0 Å². The molecule has 8 atom stereocenters. The molecule has 4 fully saturated rings. The maximum absolute atomic E-state index is 12.6. The molecule has 7 heteroatoms. The normalized spacial score (nSPS) is 53.8. The molecule has 0 saturated heterocycles. The summed E-state index contributed by atoms with van der Waals surface area (Å²) in [6, 6.07) is 0. The number of hydrogen-bond donors (Lipinski definition) is 0. The van der Waals surface area contributed by atoms with Gasteiger partial charge in [0.2, 0.25) is 0 Å². The highest BCUT2D eigenvalue weighted by Crippen LogP contribution is 2.96. The van der Waals surface area contributed by atoms with Gasteiger partial charge in [-0.15, -0.1) is 0 Å². The van der Waals surface area contributed by atoms with E-state index in [1.54, 1.807) is 0 Å². The molecule has 4 aliphatic carbocycles. The van der Waals surface area contributed by atoms with Crippen LogP contribution in [0.1, 0.15) is 20.3 Å². The molecule has 4 rings (SSSR count). The van der Waals surface area contributed by atoms with Crippen molar-refractivity contribution >= 4 is 10.0 Å². The van der Waals surface area contributed by atoms with E-state index in [2.05, 4.69) is 13.8 Å². The topological polar surface area (TPSA) is 37.4 Å². The third-order valence-corrected chi connectivity index (χ3v) is 8.81. The number of halogens is 3. The van der Waals surface area contributed by atoms with Crippen LogP contribution in [0.4, 0.5) is 13.2 Å². The summed E-state index contributed by atoms with van der Waals surface area (Å²) in [7, 11) is -4.12. The summed E-state index contributed by atoms with van der Waals surface area (Å²) in [6.07, 6.45) is 1.11. The van der Waals surface area contributed by atoms with Gasteiger partial charge in [-0.05, 0) is 53.3 Å². The highest BCUT2D eigenvalue weighted by atomic mass is 32.2. The maximum Gasteiger partial charge on any atom is 0.511 e. The second kappa shape index (κ2) is 3.61. The number of alkyl halides is 3. The smallest absolute Gasteiger partial charge is 0.203 e. The van der Waals surface area contributed by atoms with Gasteiger partial charge in [0, 0.05) is 13.6 Å². The molecule has 4 saturated carbocycles. The summed E-state index contributed by atoms with van der Waals surface area (Å²) in [5, 5.41) is 0. The Bertz CT molecular complexity index is 604. The van der Waals surface area contributed by atoms with Crippen molar-refractivity contribution in [1.82, 2.24) is 4.31 Å². The third-order valence-electron chi connectivity index (χ3n) is 7.26. The Morgan fingerprint density at radius 3 is 2.33 bits per heavy atom. The van der Waals surface area contributed by atoms with E-state index in [0.29, 0.717) is 39.3 Å². The third kappa shape index (κ3) is 1.43. The minimum atomic E-state index is -5.19. The van der Waals surface area contributed by atoms with Crippen LogP contribution in [0.2, 0.25) is 0 Å². The lowest BCUT2D eigenvalue weighted by molar-refractivity contribution is -0.0488. The van der Waals surface area contributed by atoms with E-state index in [1.807, 2.05) is 0 Å². The van der Waals surface area contributed by atoms with Crippen molar-refractivity contribution in [3.05, 3.63) is 0 Å². The Kier molecular flexibility index (Phi) is 2.46. The molecule has 0 aromatic carbocycles. The first-order chi connectivity index (χ1) is 9.55. The SMILES string of the molecule is CC1C(C)C2C3C4C(CN(C)S(=O)(=O)C(F)(F)F)C1C[C@@]243. The number of fused-ring (bicyclic) bond motifs is 3. The van der Waals surface area contributed by atoms with E-state index in [1.165, 1.54) is 0 Å². The van der Waals surface area contributed by atoms with Crippen LogP contribution in [0, 0.1) is 46.8 Å². The quantitative estimate of drug-likeness (QED) is 0.800.